The van der Waals surface area contributed by atoms with Crippen molar-refractivity contribution in [1.82, 2.24) is 10.2 Å². The number of rotatable bonds is 4. The molecule has 1 saturated heterocycles. The van der Waals surface area contributed by atoms with Gasteiger partial charge in [0.25, 0.3) is 0 Å². The van der Waals surface area contributed by atoms with Gasteiger partial charge in [-0.25, -0.2) is 0 Å². The molecule has 2 rings (SSSR count). The van der Waals surface area contributed by atoms with Crippen LogP contribution in [0.1, 0.15) is 52.4 Å². The van der Waals surface area contributed by atoms with Crippen LogP contribution in [0.3, 0.4) is 0 Å². The third-order valence-corrected chi connectivity index (χ3v) is 4.80. The van der Waals surface area contributed by atoms with Gasteiger partial charge in [-0.3, -0.25) is 0 Å². The lowest BCUT2D eigenvalue weighted by atomic mass is 9.86. The molecule has 1 aliphatic carbocycles. The summed E-state index contributed by atoms with van der Waals surface area (Å²) in [6.45, 7) is 9.83. The Hall–Kier alpha value is -0.0800. The van der Waals surface area contributed by atoms with Crippen LogP contribution in [0, 0.1) is 11.8 Å². The molecule has 0 aromatic heterocycles. The third-order valence-electron chi connectivity index (χ3n) is 4.80. The molecule has 0 radical (unpaired) electrons. The lowest BCUT2D eigenvalue weighted by Gasteiger charge is -2.38. The normalized spacial score (nSPS) is 35.1. The van der Waals surface area contributed by atoms with Crippen molar-refractivity contribution >= 4 is 0 Å². The van der Waals surface area contributed by atoms with Crippen molar-refractivity contribution in [2.24, 2.45) is 11.8 Å². The topological polar surface area (TPSA) is 15.3 Å². The van der Waals surface area contributed by atoms with Gasteiger partial charge in [0.15, 0.2) is 0 Å². The molecule has 0 aromatic rings. The molecule has 0 aromatic carbocycles. The highest BCUT2D eigenvalue weighted by atomic mass is 15.2. The van der Waals surface area contributed by atoms with Crippen LogP contribution in [0.5, 0.6) is 0 Å². The zero-order chi connectivity index (χ0) is 12.1. The van der Waals surface area contributed by atoms with E-state index >= 15 is 0 Å². The van der Waals surface area contributed by atoms with E-state index in [1.807, 2.05) is 0 Å². The predicted octanol–water partition coefficient (Wildman–Crippen LogP) is 2.89. The summed E-state index contributed by atoms with van der Waals surface area (Å²) >= 11 is 0. The highest BCUT2D eigenvalue weighted by Gasteiger charge is 2.25. The Morgan fingerprint density at radius 3 is 2.47 bits per heavy atom. The molecule has 1 heterocycles. The minimum Gasteiger partial charge on any atom is -0.316 e. The summed E-state index contributed by atoms with van der Waals surface area (Å²) in [4.78, 5) is 2.77. The van der Waals surface area contributed by atoms with E-state index in [4.69, 9.17) is 0 Å². The van der Waals surface area contributed by atoms with Gasteiger partial charge in [0.05, 0.1) is 0 Å². The average molecular weight is 238 g/mol. The molecule has 2 heteroatoms. The zero-order valence-corrected chi connectivity index (χ0v) is 11.8. The Morgan fingerprint density at radius 2 is 1.88 bits per heavy atom. The fraction of sp³-hybridized carbons (Fsp3) is 1.00. The standard InChI is InChI=1S/C15H30N2/c1-3-17(12-14-5-4-10-16-11-14)15-8-6-13(2)7-9-15/h13-16H,3-12H2,1-2H3. The van der Waals surface area contributed by atoms with Crippen molar-refractivity contribution < 1.29 is 0 Å². The van der Waals surface area contributed by atoms with E-state index in [1.54, 1.807) is 0 Å². The summed E-state index contributed by atoms with van der Waals surface area (Å²) in [5.74, 6) is 1.88. The molecule has 1 atom stereocenters. The first-order valence-electron chi connectivity index (χ1n) is 7.74. The van der Waals surface area contributed by atoms with Crippen molar-refractivity contribution in [2.45, 2.75) is 58.4 Å². The van der Waals surface area contributed by atoms with Crippen LogP contribution in [-0.2, 0) is 0 Å². The summed E-state index contributed by atoms with van der Waals surface area (Å²) in [7, 11) is 0. The van der Waals surface area contributed by atoms with E-state index in [2.05, 4.69) is 24.1 Å². The Labute approximate surface area is 107 Å². The van der Waals surface area contributed by atoms with Gasteiger partial charge in [0.2, 0.25) is 0 Å². The predicted molar refractivity (Wildman–Crippen MR) is 74.3 cm³/mol. The monoisotopic (exact) mass is 238 g/mol. The lowest BCUT2D eigenvalue weighted by Crippen LogP contribution is -2.44. The molecule has 0 amide bonds. The zero-order valence-electron chi connectivity index (χ0n) is 11.8. The smallest absolute Gasteiger partial charge is 0.00954 e. The van der Waals surface area contributed by atoms with Crippen molar-refractivity contribution in [3.63, 3.8) is 0 Å². The number of hydrogen-bond donors (Lipinski definition) is 1. The molecule has 2 nitrogen and oxygen atoms in total. The summed E-state index contributed by atoms with van der Waals surface area (Å²) in [6.07, 6.45) is 8.59. The first-order valence-corrected chi connectivity index (χ1v) is 7.74. The molecule has 1 unspecified atom stereocenters. The summed E-state index contributed by atoms with van der Waals surface area (Å²) in [5.41, 5.74) is 0. The van der Waals surface area contributed by atoms with Gasteiger partial charge in [0, 0.05) is 12.6 Å². The van der Waals surface area contributed by atoms with Gasteiger partial charge < -0.3 is 10.2 Å². The maximum atomic E-state index is 3.55. The second kappa shape index (κ2) is 6.75. The molecular formula is C15H30N2. The van der Waals surface area contributed by atoms with E-state index in [-0.39, 0.29) is 0 Å². The summed E-state index contributed by atoms with van der Waals surface area (Å²) in [5, 5.41) is 3.55. The molecule has 2 aliphatic rings. The maximum Gasteiger partial charge on any atom is 0.00954 e. The Balaban J connectivity index is 1.78. The van der Waals surface area contributed by atoms with E-state index in [0.717, 1.165) is 17.9 Å². The first kappa shape index (κ1) is 13.4. The molecule has 1 saturated carbocycles. The van der Waals surface area contributed by atoms with Gasteiger partial charge >= 0.3 is 0 Å². The van der Waals surface area contributed by atoms with E-state index in [1.165, 1.54) is 64.7 Å². The number of nitrogens with zero attached hydrogens (tertiary/aromatic N) is 1. The first-order chi connectivity index (χ1) is 8.29. The minimum absolute atomic E-state index is 0.887. The average Bonchev–Trinajstić information content (AvgIpc) is 2.38. The van der Waals surface area contributed by atoms with Crippen LogP contribution in [0.2, 0.25) is 0 Å². The fourth-order valence-electron chi connectivity index (χ4n) is 3.56. The van der Waals surface area contributed by atoms with Crippen molar-refractivity contribution in [2.75, 3.05) is 26.2 Å². The van der Waals surface area contributed by atoms with Crippen LogP contribution in [-0.4, -0.2) is 37.1 Å². The van der Waals surface area contributed by atoms with Crippen molar-refractivity contribution in [3.8, 4) is 0 Å². The highest BCUT2D eigenvalue weighted by Crippen LogP contribution is 2.28. The van der Waals surface area contributed by atoms with Gasteiger partial charge in [0.1, 0.15) is 0 Å². The van der Waals surface area contributed by atoms with E-state index in [9.17, 15) is 0 Å². The lowest BCUT2D eigenvalue weighted by molar-refractivity contribution is 0.118. The van der Waals surface area contributed by atoms with Crippen LogP contribution >= 0.6 is 0 Å². The molecular weight excluding hydrogens is 208 g/mol. The molecule has 1 aliphatic heterocycles. The fourth-order valence-corrected chi connectivity index (χ4v) is 3.56. The second-order valence-corrected chi connectivity index (χ2v) is 6.21. The maximum absolute atomic E-state index is 3.55. The van der Waals surface area contributed by atoms with Crippen LogP contribution < -0.4 is 5.32 Å². The van der Waals surface area contributed by atoms with E-state index in [0.29, 0.717) is 0 Å². The SMILES string of the molecule is CCN(CC1CCCNC1)C1CCC(C)CC1. The van der Waals surface area contributed by atoms with Gasteiger partial charge in [-0.05, 0) is 70.0 Å². The molecule has 2 fully saturated rings. The highest BCUT2D eigenvalue weighted by molar-refractivity contribution is 4.81. The van der Waals surface area contributed by atoms with Crippen LogP contribution in [0.15, 0.2) is 0 Å². The Morgan fingerprint density at radius 1 is 1.12 bits per heavy atom. The molecule has 100 valence electrons. The van der Waals surface area contributed by atoms with Crippen molar-refractivity contribution in [1.29, 1.82) is 0 Å². The third kappa shape index (κ3) is 3.96. The number of piperidine rings is 1. The van der Waals surface area contributed by atoms with Crippen molar-refractivity contribution in [3.05, 3.63) is 0 Å². The second-order valence-electron chi connectivity index (χ2n) is 6.21. The molecule has 1 N–H and O–H groups in total. The minimum atomic E-state index is 0.887. The van der Waals surface area contributed by atoms with Gasteiger partial charge in [-0.2, -0.15) is 0 Å². The molecule has 0 spiro atoms. The Kier molecular flexibility index (Phi) is 5.30. The number of hydrogen-bond acceptors (Lipinski definition) is 2. The van der Waals surface area contributed by atoms with Crippen LogP contribution in [0.4, 0.5) is 0 Å². The van der Waals surface area contributed by atoms with E-state index < -0.39 is 0 Å². The molecule has 17 heavy (non-hydrogen) atoms. The summed E-state index contributed by atoms with van der Waals surface area (Å²) in [6, 6.07) is 0.887. The largest absolute Gasteiger partial charge is 0.316 e. The molecule has 0 bridgehead atoms. The Bertz CT molecular complexity index is 203. The van der Waals surface area contributed by atoms with Gasteiger partial charge in [-0.1, -0.05) is 13.8 Å². The van der Waals surface area contributed by atoms with Gasteiger partial charge in [-0.15, -0.1) is 0 Å². The summed E-state index contributed by atoms with van der Waals surface area (Å²) < 4.78 is 0. The quantitative estimate of drug-likeness (QED) is 0.810. The van der Waals surface area contributed by atoms with Crippen LogP contribution in [0.25, 0.3) is 0 Å². The number of nitrogens with one attached hydrogen (secondary N) is 1.